The number of aromatic nitrogens is 3. The highest BCUT2D eigenvalue weighted by Crippen LogP contribution is 2.23. The Balaban J connectivity index is 0.000000531. The molecule has 2 rings (SSSR count). The summed E-state index contributed by atoms with van der Waals surface area (Å²) in [6, 6.07) is 1.87. The summed E-state index contributed by atoms with van der Waals surface area (Å²) < 4.78 is 14.4. The van der Waals surface area contributed by atoms with Gasteiger partial charge in [-0.1, -0.05) is 13.8 Å². The molecule has 0 aromatic carbocycles. The van der Waals surface area contributed by atoms with Gasteiger partial charge >= 0.3 is 0 Å². The lowest BCUT2D eigenvalue weighted by molar-refractivity contribution is 0.877. The van der Waals surface area contributed by atoms with Crippen LogP contribution >= 0.6 is 28.3 Å². The summed E-state index contributed by atoms with van der Waals surface area (Å²) in [5.74, 6) is 0. The van der Waals surface area contributed by atoms with Crippen molar-refractivity contribution in [2.75, 3.05) is 0 Å². The summed E-state index contributed by atoms with van der Waals surface area (Å²) >= 11 is 3.35. The van der Waals surface area contributed by atoms with Gasteiger partial charge in [0.15, 0.2) is 18.0 Å². The van der Waals surface area contributed by atoms with Crippen LogP contribution in [0, 0.1) is 6.92 Å². The van der Waals surface area contributed by atoms with Gasteiger partial charge in [0, 0.05) is 16.1 Å². The zero-order valence-electron chi connectivity index (χ0n) is 8.66. The molecule has 82 valence electrons. The topological polar surface area (TPSA) is 30.7 Å². The van der Waals surface area contributed by atoms with E-state index in [1.807, 2.05) is 26.8 Å². The SMILES string of the molecule is CC.Cc1nn(SF)c2ncc(Br)cc12. The lowest BCUT2D eigenvalue weighted by atomic mass is 10.3. The highest BCUT2D eigenvalue weighted by molar-refractivity contribution is 9.10. The van der Waals surface area contributed by atoms with E-state index in [-0.39, 0.29) is 12.3 Å². The number of aryl methyl sites for hydroxylation is 1. The van der Waals surface area contributed by atoms with Crippen LogP contribution in [-0.4, -0.2) is 14.2 Å². The van der Waals surface area contributed by atoms with E-state index in [4.69, 9.17) is 0 Å². The number of fused-ring (bicyclic) bond motifs is 1. The molecule has 2 aromatic rings. The number of hydrogen-bond acceptors (Lipinski definition) is 3. The summed E-state index contributed by atoms with van der Waals surface area (Å²) in [5, 5.41) is 4.83. The van der Waals surface area contributed by atoms with Gasteiger partial charge < -0.3 is 0 Å². The second-order valence-corrected chi connectivity index (χ2v) is 3.95. The zero-order valence-corrected chi connectivity index (χ0v) is 11.1. The number of pyridine rings is 1. The molecule has 0 unspecified atom stereocenters. The molecular formula is C9H11BrFN3S. The second kappa shape index (κ2) is 5.46. The van der Waals surface area contributed by atoms with Crippen LogP contribution in [0.4, 0.5) is 3.89 Å². The molecule has 0 spiro atoms. The highest BCUT2D eigenvalue weighted by Gasteiger charge is 2.09. The molecule has 3 nitrogen and oxygen atoms in total. The van der Waals surface area contributed by atoms with Gasteiger partial charge in [0.05, 0.1) is 5.69 Å². The minimum absolute atomic E-state index is 0.0527. The monoisotopic (exact) mass is 291 g/mol. The van der Waals surface area contributed by atoms with Crippen LogP contribution in [0.25, 0.3) is 11.0 Å². The van der Waals surface area contributed by atoms with Crippen molar-refractivity contribution >= 4 is 39.3 Å². The fourth-order valence-electron chi connectivity index (χ4n) is 1.14. The third-order valence-corrected chi connectivity index (χ3v) is 2.53. The van der Waals surface area contributed by atoms with Crippen LogP contribution in [-0.2, 0) is 0 Å². The maximum atomic E-state index is 12.3. The molecule has 0 bridgehead atoms. The first-order valence-electron chi connectivity index (χ1n) is 4.52. The Morgan fingerprint density at radius 3 is 2.73 bits per heavy atom. The van der Waals surface area contributed by atoms with Crippen LogP contribution < -0.4 is 0 Å². The van der Waals surface area contributed by atoms with Crippen molar-refractivity contribution in [3.8, 4) is 0 Å². The molecule has 0 N–H and O–H groups in total. The van der Waals surface area contributed by atoms with Gasteiger partial charge in [-0.25, -0.2) is 4.98 Å². The molecule has 0 saturated heterocycles. The van der Waals surface area contributed by atoms with E-state index >= 15 is 0 Å². The summed E-state index contributed by atoms with van der Waals surface area (Å²) in [7, 11) is 0. The summed E-state index contributed by atoms with van der Waals surface area (Å²) in [5.41, 5.74) is 1.32. The Bertz CT molecular complexity index is 458. The molecule has 0 atom stereocenters. The fraction of sp³-hybridized carbons (Fsp3) is 0.333. The number of hydrogen-bond donors (Lipinski definition) is 0. The molecule has 0 radical (unpaired) electrons. The normalized spacial score (nSPS) is 9.93. The van der Waals surface area contributed by atoms with Crippen molar-refractivity contribution in [3.63, 3.8) is 0 Å². The Morgan fingerprint density at radius 2 is 2.13 bits per heavy atom. The Morgan fingerprint density at radius 1 is 1.47 bits per heavy atom. The third kappa shape index (κ3) is 2.49. The maximum absolute atomic E-state index is 12.3. The van der Waals surface area contributed by atoms with E-state index in [1.165, 1.54) is 0 Å². The summed E-state index contributed by atoms with van der Waals surface area (Å²) in [6.07, 6.45) is 1.62. The molecule has 0 aliphatic carbocycles. The van der Waals surface area contributed by atoms with E-state index in [0.29, 0.717) is 5.65 Å². The van der Waals surface area contributed by atoms with Crippen molar-refractivity contribution in [1.29, 1.82) is 0 Å². The Kier molecular flexibility index (Phi) is 4.53. The van der Waals surface area contributed by atoms with Crippen LogP contribution in [0.1, 0.15) is 19.5 Å². The minimum atomic E-state index is 0.0527. The lowest BCUT2D eigenvalue weighted by Crippen LogP contribution is -1.87. The van der Waals surface area contributed by atoms with E-state index in [9.17, 15) is 3.89 Å². The fourth-order valence-corrected chi connectivity index (χ4v) is 1.83. The Hall–Kier alpha value is -0.620. The molecule has 0 aliphatic rings. The summed E-state index contributed by atoms with van der Waals surface area (Å²) in [4.78, 5) is 4.07. The van der Waals surface area contributed by atoms with Crippen LogP contribution in [0.15, 0.2) is 16.7 Å². The number of halogens is 2. The Labute approximate surface area is 101 Å². The number of rotatable bonds is 1. The number of nitrogens with zero attached hydrogens (tertiary/aromatic N) is 3. The largest absolute Gasteiger partial charge is 0.235 e. The van der Waals surface area contributed by atoms with Gasteiger partial charge in [-0.05, 0) is 28.9 Å². The van der Waals surface area contributed by atoms with Gasteiger partial charge in [-0.3, -0.25) is 0 Å². The van der Waals surface area contributed by atoms with E-state index in [2.05, 4.69) is 26.0 Å². The zero-order chi connectivity index (χ0) is 11.4. The molecule has 0 aliphatic heterocycles. The van der Waals surface area contributed by atoms with Gasteiger partial charge in [-0.2, -0.15) is 9.19 Å². The van der Waals surface area contributed by atoms with Gasteiger partial charge in [-0.15, -0.1) is 3.89 Å². The average Bonchev–Trinajstić information content (AvgIpc) is 2.58. The average molecular weight is 292 g/mol. The maximum Gasteiger partial charge on any atom is 0.189 e. The predicted octanol–water partition coefficient (Wildman–Crippen LogP) is 3.91. The first kappa shape index (κ1) is 12.4. The molecule has 15 heavy (non-hydrogen) atoms. The van der Waals surface area contributed by atoms with Crippen LogP contribution in [0.2, 0.25) is 0 Å². The third-order valence-electron chi connectivity index (χ3n) is 1.71. The minimum Gasteiger partial charge on any atom is -0.235 e. The standard InChI is InChI=1S/C7H5BrFN3S.C2H6/c1-4-6-2-5(8)3-10-7(6)12(11-4)13-9;1-2/h2-3H,1H3;1-2H3. The first-order chi connectivity index (χ1) is 7.22. The predicted molar refractivity (Wildman–Crippen MR) is 65.4 cm³/mol. The van der Waals surface area contributed by atoms with Crippen molar-refractivity contribution in [3.05, 3.63) is 22.4 Å². The highest BCUT2D eigenvalue weighted by atomic mass is 79.9. The molecule has 6 heteroatoms. The van der Waals surface area contributed by atoms with Crippen molar-refractivity contribution in [2.45, 2.75) is 20.8 Å². The quantitative estimate of drug-likeness (QED) is 0.798. The van der Waals surface area contributed by atoms with Gasteiger partial charge in [0.25, 0.3) is 0 Å². The second-order valence-electron chi connectivity index (χ2n) is 2.55. The van der Waals surface area contributed by atoms with Crippen LogP contribution in [0.3, 0.4) is 0 Å². The van der Waals surface area contributed by atoms with Crippen LogP contribution in [0.5, 0.6) is 0 Å². The van der Waals surface area contributed by atoms with Gasteiger partial charge in [0.1, 0.15) is 0 Å². The van der Waals surface area contributed by atoms with E-state index in [0.717, 1.165) is 19.6 Å². The first-order valence-corrected chi connectivity index (χ1v) is 5.99. The molecular weight excluding hydrogens is 281 g/mol. The van der Waals surface area contributed by atoms with Crippen molar-refractivity contribution in [2.24, 2.45) is 0 Å². The van der Waals surface area contributed by atoms with Gasteiger partial charge in [0.2, 0.25) is 0 Å². The van der Waals surface area contributed by atoms with E-state index < -0.39 is 0 Å². The lowest BCUT2D eigenvalue weighted by Gasteiger charge is -1.92. The van der Waals surface area contributed by atoms with E-state index in [1.54, 1.807) is 6.20 Å². The van der Waals surface area contributed by atoms with Crippen molar-refractivity contribution in [1.82, 2.24) is 14.2 Å². The smallest absolute Gasteiger partial charge is 0.189 e. The molecule has 0 saturated carbocycles. The summed E-state index contributed by atoms with van der Waals surface area (Å²) in [6.45, 7) is 5.82. The van der Waals surface area contributed by atoms with Crippen molar-refractivity contribution < 1.29 is 3.89 Å². The molecule has 2 heterocycles. The molecule has 0 fully saturated rings. The molecule has 2 aromatic heterocycles. The molecule has 0 amide bonds.